The summed E-state index contributed by atoms with van der Waals surface area (Å²) in [6.07, 6.45) is 1.03. The Morgan fingerprint density at radius 2 is 1.67 bits per heavy atom. The number of piperidine rings is 1. The fourth-order valence-electron chi connectivity index (χ4n) is 4.95. The summed E-state index contributed by atoms with van der Waals surface area (Å²) < 4.78 is 6.03. The van der Waals surface area contributed by atoms with Gasteiger partial charge in [0.25, 0.3) is 5.91 Å². The van der Waals surface area contributed by atoms with Gasteiger partial charge < -0.3 is 15.0 Å². The summed E-state index contributed by atoms with van der Waals surface area (Å²) in [6, 6.07) is 25.1. The van der Waals surface area contributed by atoms with Crippen LogP contribution < -0.4 is 15.0 Å². The van der Waals surface area contributed by atoms with Crippen LogP contribution in [0.15, 0.2) is 78.9 Å². The van der Waals surface area contributed by atoms with Crippen molar-refractivity contribution in [3.63, 3.8) is 0 Å². The maximum absolute atomic E-state index is 13.8. The Balaban J connectivity index is 1.27. The molecule has 2 aliphatic rings. The van der Waals surface area contributed by atoms with Crippen LogP contribution in [-0.4, -0.2) is 42.5 Å². The molecule has 7 heteroatoms. The van der Waals surface area contributed by atoms with E-state index >= 15 is 0 Å². The Hall–Kier alpha value is -3.35. The molecule has 0 radical (unpaired) electrons. The first-order valence-electron chi connectivity index (χ1n) is 12.4. The molecule has 1 N–H and O–H groups in total. The van der Waals surface area contributed by atoms with Crippen molar-refractivity contribution in [2.45, 2.75) is 32.0 Å². The lowest BCUT2D eigenvalue weighted by Crippen LogP contribution is -2.53. The quantitative estimate of drug-likeness (QED) is 0.531. The highest BCUT2D eigenvalue weighted by Gasteiger charge is 2.37. The van der Waals surface area contributed by atoms with Crippen molar-refractivity contribution < 1.29 is 14.3 Å². The molecule has 36 heavy (non-hydrogen) atoms. The first-order valence-corrected chi connectivity index (χ1v) is 12.8. The molecule has 186 valence electrons. The van der Waals surface area contributed by atoms with Gasteiger partial charge in [-0.05, 0) is 54.8 Å². The number of likely N-dealkylation sites (tertiary alicyclic amines) is 1. The molecule has 3 aromatic carbocycles. The lowest BCUT2D eigenvalue weighted by molar-refractivity contribution is -0.129. The molecule has 2 aliphatic heterocycles. The molecule has 2 atom stereocenters. The number of carbonyl (C=O) groups is 2. The molecule has 0 unspecified atom stereocenters. The fourth-order valence-corrected chi connectivity index (χ4v) is 5.07. The van der Waals surface area contributed by atoms with Crippen LogP contribution in [-0.2, 0) is 22.7 Å². The predicted octanol–water partition coefficient (Wildman–Crippen LogP) is 4.66. The molecule has 0 saturated carbocycles. The predicted molar refractivity (Wildman–Crippen MR) is 141 cm³/mol. The maximum Gasteiger partial charge on any atom is 0.263 e. The summed E-state index contributed by atoms with van der Waals surface area (Å²) in [4.78, 5) is 30.9. The van der Waals surface area contributed by atoms with E-state index in [1.54, 1.807) is 4.90 Å². The molecule has 0 bridgehead atoms. The number of para-hydroxylation sites is 2. The molecule has 6 nitrogen and oxygen atoms in total. The van der Waals surface area contributed by atoms with Gasteiger partial charge in [-0.2, -0.15) is 0 Å². The normalized spacial score (nSPS) is 19.8. The number of benzene rings is 3. The SMILES string of the molecule is O=C(NCc1ccccc1)[C@H]1CN(C(=O)[C@@H]2CCCN(Cc3ccc(Cl)cc3)C2)c2ccccc2O1. The summed E-state index contributed by atoms with van der Waals surface area (Å²) >= 11 is 6.03. The van der Waals surface area contributed by atoms with Gasteiger partial charge in [-0.15, -0.1) is 0 Å². The third-order valence-corrected chi connectivity index (χ3v) is 7.07. The van der Waals surface area contributed by atoms with Gasteiger partial charge in [0.05, 0.1) is 18.2 Å². The summed E-state index contributed by atoms with van der Waals surface area (Å²) in [7, 11) is 0. The lowest BCUT2D eigenvalue weighted by Gasteiger charge is -2.38. The number of rotatable bonds is 6. The number of nitrogens with one attached hydrogen (secondary N) is 1. The summed E-state index contributed by atoms with van der Waals surface area (Å²) in [5, 5.41) is 3.68. The molecule has 1 saturated heterocycles. The third kappa shape index (κ3) is 5.72. The van der Waals surface area contributed by atoms with Crippen molar-refractivity contribution in [3.8, 4) is 5.75 Å². The van der Waals surface area contributed by atoms with Crippen LogP contribution in [0.2, 0.25) is 5.02 Å². The Morgan fingerprint density at radius 3 is 2.47 bits per heavy atom. The standard InChI is InChI=1S/C29H30ClN3O3/c30-24-14-12-22(13-15-24)18-32-16-6-9-23(19-32)29(35)33-20-27(36-26-11-5-4-10-25(26)33)28(34)31-17-21-7-2-1-3-8-21/h1-5,7-8,10-15,23,27H,6,9,16-20H2,(H,31,34)/t23-,27-/m1/s1. The Bertz CT molecular complexity index is 1200. The topological polar surface area (TPSA) is 61.9 Å². The van der Waals surface area contributed by atoms with Gasteiger partial charge in [0.15, 0.2) is 6.10 Å². The molecule has 0 spiro atoms. The second kappa shape index (κ2) is 11.1. The second-order valence-corrected chi connectivity index (χ2v) is 9.86. The Morgan fingerprint density at radius 1 is 0.917 bits per heavy atom. The number of fused-ring (bicyclic) bond motifs is 1. The summed E-state index contributed by atoms with van der Waals surface area (Å²) in [5.41, 5.74) is 2.92. The van der Waals surface area contributed by atoms with Gasteiger partial charge in [0.1, 0.15) is 5.75 Å². The van der Waals surface area contributed by atoms with Gasteiger partial charge in [-0.3, -0.25) is 14.5 Å². The van der Waals surface area contributed by atoms with E-state index in [1.807, 2.05) is 78.9 Å². The maximum atomic E-state index is 13.8. The fraction of sp³-hybridized carbons (Fsp3) is 0.310. The zero-order valence-electron chi connectivity index (χ0n) is 20.1. The number of hydrogen-bond donors (Lipinski definition) is 1. The molecule has 1 fully saturated rings. The van der Waals surface area contributed by atoms with Crippen LogP contribution >= 0.6 is 11.6 Å². The van der Waals surface area contributed by atoms with Crippen LogP contribution in [0.5, 0.6) is 5.75 Å². The van der Waals surface area contributed by atoms with E-state index in [0.717, 1.165) is 42.2 Å². The zero-order chi connectivity index (χ0) is 24.9. The third-order valence-electron chi connectivity index (χ3n) is 6.82. The number of halogens is 1. The average Bonchev–Trinajstić information content (AvgIpc) is 2.92. The number of ether oxygens (including phenoxy) is 1. The second-order valence-electron chi connectivity index (χ2n) is 9.43. The minimum Gasteiger partial charge on any atom is -0.477 e. The minimum absolute atomic E-state index is 0.0485. The van der Waals surface area contributed by atoms with E-state index < -0.39 is 6.10 Å². The minimum atomic E-state index is -0.763. The van der Waals surface area contributed by atoms with Crippen molar-refractivity contribution in [1.29, 1.82) is 0 Å². The first kappa shape index (κ1) is 24.3. The highest BCUT2D eigenvalue weighted by Crippen LogP contribution is 2.35. The monoisotopic (exact) mass is 503 g/mol. The zero-order valence-corrected chi connectivity index (χ0v) is 20.9. The van der Waals surface area contributed by atoms with Crippen LogP contribution in [0.1, 0.15) is 24.0 Å². The molecular weight excluding hydrogens is 474 g/mol. The van der Waals surface area contributed by atoms with E-state index in [2.05, 4.69) is 10.2 Å². The van der Waals surface area contributed by atoms with E-state index in [4.69, 9.17) is 16.3 Å². The van der Waals surface area contributed by atoms with Crippen molar-refractivity contribution in [3.05, 3.63) is 95.0 Å². The summed E-state index contributed by atoms with van der Waals surface area (Å²) in [6.45, 7) is 3.04. The molecular formula is C29H30ClN3O3. The van der Waals surface area contributed by atoms with E-state index in [-0.39, 0.29) is 24.3 Å². The van der Waals surface area contributed by atoms with E-state index in [1.165, 1.54) is 5.56 Å². The average molecular weight is 504 g/mol. The molecule has 5 rings (SSSR count). The van der Waals surface area contributed by atoms with Gasteiger partial charge in [0, 0.05) is 24.7 Å². The van der Waals surface area contributed by atoms with E-state index in [9.17, 15) is 9.59 Å². The smallest absolute Gasteiger partial charge is 0.263 e. The lowest BCUT2D eigenvalue weighted by atomic mass is 9.95. The highest BCUT2D eigenvalue weighted by molar-refractivity contribution is 6.30. The van der Waals surface area contributed by atoms with Gasteiger partial charge in [-0.1, -0.05) is 66.2 Å². The number of hydrogen-bond acceptors (Lipinski definition) is 4. The van der Waals surface area contributed by atoms with Crippen molar-refractivity contribution in [2.75, 3.05) is 24.5 Å². The van der Waals surface area contributed by atoms with Gasteiger partial charge >= 0.3 is 0 Å². The van der Waals surface area contributed by atoms with Gasteiger partial charge in [0.2, 0.25) is 5.91 Å². The number of nitrogens with zero attached hydrogens (tertiary/aromatic N) is 2. The van der Waals surface area contributed by atoms with Crippen molar-refractivity contribution in [1.82, 2.24) is 10.2 Å². The van der Waals surface area contributed by atoms with Crippen molar-refractivity contribution in [2.24, 2.45) is 5.92 Å². The van der Waals surface area contributed by atoms with Crippen LogP contribution in [0.25, 0.3) is 0 Å². The van der Waals surface area contributed by atoms with Gasteiger partial charge in [-0.25, -0.2) is 0 Å². The Labute approximate surface area is 216 Å². The number of anilines is 1. The molecule has 2 heterocycles. The van der Waals surface area contributed by atoms with E-state index in [0.29, 0.717) is 18.8 Å². The summed E-state index contributed by atoms with van der Waals surface area (Å²) in [5.74, 6) is 0.252. The molecule has 3 aromatic rings. The highest BCUT2D eigenvalue weighted by atomic mass is 35.5. The van der Waals surface area contributed by atoms with Crippen molar-refractivity contribution >= 4 is 29.1 Å². The van der Waals surface area contributed by atoms with Crippen LogP contribution in [0.4, 0.5) is 5.69 Å². The largest absolute Gasteiger partial charge is 0.477 e. The molecule has 0 aromatic heterocycles. The molecule has 0 aliphatic carbocycles. The number of amides is 2. The Kier molecular flexibility index (Phi) is 7.54. The molecule has 2 amide bonds. The number of carbonyl (C=O) groups excluding carboxylic acids is 2. The van der Waals surface area contributed by atoms with Crippen LogP contribution in [0.3, 0.4) is 0 Å². The first-order chi connectivity index (χ1) is 17.6. The van der Waals surface area contributed by atoms with Crippen LogP contribution in [0, 0.1) is 5.92 Å².